The lowest BCUT2D eigenvalue weighted by Crippen LogP contribution is -2.11. The monoisotopic (exact) mass is 284 g/mol. The first kappa shape index (κ1) is 12.2. The summed E-state index contributed by atoms with van der Waals surface area (Å²) in [6.07, 6.45) is 4.58. The van der Waals surface area contributed by atoms with Gasteiger partial charge in [0.25, 0.3) is 0 Å². The van der Waals surface area contributed by atoms with E-state index in [4.69, 9.17) is 4.74 Å². The molecule has 0 bridgehead atoms. The minimum Gasteiger partial charge on any atom is -0.452 e. The summed E-state index contributed by atoms with van der Waals surface area (Å²) in [6.45, 7) is 4.16. The third kappa shape index (κ3) is 6.88. The number of hydrogen-bond acceptors (Lipinski definition) is 2. The van der Waals surface area contributed by atoms with E-state index in [1.165, 1.54) is 0 Å². The molecule has 0 heterocycles. The van der Waals surface area contributed by atoms with E-state index in [0.29, 0.717) is 6.42 Å². The Balaban J connectivity index is 3.40. The molecule has 1 atom stereocenters. The van der Waals surface area contributed by atoms with Crippen LogP contribution in [0.5, 0.6) is 0 Å². The molecular formula is C9H17IO2. The zero-order valence-corrected chi connectivity index (χ0v) is 9.96. The molecule has 0 saturated heterocycles. The van der Waals surface area contributed by atoms with Gasteiger partial charge >= 0.3 is 5.97 Å². The lowest BCUT2D eigenvalue weighted by molar-refractivity contribution is -0.144. The summed E-state index contributed by atoms with van der Waals surface area (Å²) in [5.74, 6) is -0.0512. The summed E-state index contributed by atoms with van der Waals surface area (Å²) in [4.78, 5) is 11.1. The Morgan fingerprint density at radius 1 is 1.42 bits per heavy atom. The summed E-state index contributed by atoms with van der Waals surface area (Å²) in [5.41, 5.74) is 0. The summed E-state index contributed by atoms with van der Waals surface area (Å²) in [5, 5.41) is 0. The lowest BCUT2D eigenvalue weighted by Gasteiger charge is -2.09. The van der Waals surface area contributed by atoms with Gasteiger partial charge in [0.2, 0.25) is 0 Å². The average molecular weight is 284 g/mol. The standard InChI is InChI=1S/C9H17IO2/c1-3-5-7-9(11)12-8(10)6-4-2/h8H,3-7H2,1-2H3. The first-order valence-electron chi connectivity index (χ1n) is 4.54. The Kier molecular flexibility index (Phi) is 7.96. The fraction of sp³-hybridized carbons (Fsp3) is 0.889. The molecule has 0 N–H and O–H groups in total. The molecule has 3 heteroatoms. The molecule has 0 radical (unpaired) electrons. The van der Waals surface area contributed by atoms with Crippen molar-refractivity contribution < 1.29 is 9.53 Å². The van der Waals surface area contributed by atoms with Crippen molar-refractivity contribution >= 4 is 28.6 Å². The number of rotatable bonds is 6. The number of unbranched alkanes of at least 4 members (excludes halogenated alkanes) is 1. The van der Waals surface area contributed by atoms with Crippen LogP contribution in [0.1, 0.15) is 46.0 Å². The highest BCUT2D eigenvalue weighted by molar-refractivity contribution is 14.1. The topological polar surface area (TPSA) is 26.3 Å². The van der Waals surface area contributed by atoms with Gasteiger partial charge in [-0.15, -0.1) is 0 Å². The SMILES string of the molecule is CCCCC(=O)OC(I)CCC. The van der Waals surface area contributed by atoms with Crippen LogP contribution in [0, 0.1) is 0 Å². The zero-order chi connectivity index (χ0) is 9.40. The molecule has 0 aromatic heterocycles. The third-order valence-corrected chi connectivity index (χ3v) is 2.39. The largest absolute Gasteiger partial charge is 0.452 e. The Morgan fingerprint density at radius 2 is 2.08 bits per heavy atom. The number of alkyl halides is 1. The zero-order valence-electron chi connectivity index (χ0n) is 7.81. The van der Waals surface area contributed by atoms with Crippen LogP contribution in [-0.2, 0) is 9.53 Å². The number of carbonyl (C=O) groups excluding carboxylic acids is 1. The normalized spacial score (nSPS) is 12.6. The lowest BCUT2D eigenvalue weighted by atomic mass is 10.2. The van der Waals surface area contributed by atoms with E-state index in [-0.39, 0.29) is 10.1 Å². The fourth-order valence-electron chi connectivity index (χ4n) is 0.809. The predicted molar refractivity (Wildman–Crippen MR) is 58.3 cm³/mol. The Bertz CT molecular complexity index is 126. The molecule has 0 rings (SSSR count). The van der Waals surface area contributed by atoms with Crippen LogP contribution in [0.25, 0.3) is 0 Å². The van der Waals surface area contributed by atoms with Gasteiger partial charge in [0.15, 0.2) is 4.11 Å². The maximum Gasteiger partial charge on any atom is 0.306 e. The van der Waals surface area contributed by atoms with Gasteiger partial charge in [0.1, 0.15) is 0 Å². The van der Waals surface area contributed by atoms with E-state index >= 15 is 0 Å². The van der Waals surface area contributed by atoms with Crippen LogP contribution in [0.2, 0.25) is 0 Å². The molecule has 0 fully saturated rings. The highest BCUT2D eigenvalue weighted by Gasteiger charge is 2.08. The number of ether oxygens (including phenoxy) is 1. The van der Waals surface area contributed by atoms with Crippen LogP contribution in [0.3, 0.4) is 0 Å². The molecule has 72 valence electrons. The molecule has 0 aliphatic carbocycles. The minimum absolute atomic E-state index is 0.0512. The quantitative estimate of drug-likeness (QED) is 0.425. The summed E-state index contributed by atoms with van der Waals surface area (Å²) in [6, 6.07) is 0. The van der Waals surface area contributed by atoms with Crippen LogP contribution in [0.4, 0.5) is 0 Å². The van der Waals surface area contributed by atoms with Crippen LogP contribution < -0.4 is 0 Å². The Labute approximate surface area is 88.2 Å². The van der Waals surface area contributed by atoms with E-state index in [9.17, 15) is 4.79 Å². The van der Waals surface area contributed by atoms with Crippen molar-refractivity contribution in [3.8, 4) is 0 Å². The predicted octanol–water partition coefficient (Wildman–Crippen LogP) is 3.28. The molecule has 2 nitrogen and oxygen atoms in total. The van der Waals surface area contributed by atoms with Crippen molar-refractivity contribution in [2.45, 2.75) is 50.1 Å². The number of hydrogen-bond donors (Lipinski definition) is 0. The third-order valence-electron chi connectivity index (χ3n) is 1.51. The van der Waals surface area contributed by atoms with Crippen molar-refractivity contribution in [1.29, 1.82) is 0 Å². The second-order valence-electron chi connectivity index (χ2n) is 2.79. The summed E-state index contributed by atoms with van der Waals surface area (Å²) < 4.78 is 5.21. The molecule has 0 amide bonds. The number of halogens is 1. The van der Waals surface area contributed by atoms with E-state index in [1.807, 2.05) is 0 Å². The van der Waals surface area contributed by atoms with Gasteiger partial charge in [0.05, 0.1) is 0 Å². The van der Waals surface area contributed by atoms with Gasteiger partial charge in [-0.3, -0.25) is 4.79 Å². The minimum atomic E-state index is -0.0512. The van der Waals surface area contributed by atoms with E-state index in [2.05, 4.69) is 36.4 Å². The second kappa shape index (κ2) is 7.83. The molecule has 0 aliphatic heterocycles. The molecule has 0 saturated carbocycles. The average Bonchev–Trinajstić information content (AvgIpc) is 2.01. The molecule has 0 aromatic carbocycles. The van der Waals surface area contributed by atoms with Gasteiger partial charge < -0.3 is 4.74 Å². The van der Waals surface area contributed by atoms with E-state index in [0.717, 1.165) is 25.7 Å². The Morgan fingerprint density at radius 3 is 2.58 bits per heavy atom. The van der Waals surface area contributed by atoms with Crippen molar-refractivity contribution in [2.75, 3.05) is 0 Å². The van der Waals surface area contributed by atoms with Gasteiger partial charge in [-0.25, -0.2) is 0 Å². The van der Waals surface area contributed by atoms with Gasteiger partial charge in [-0.05, 0) is 35.4 Å². The van der Waals surface area contributed by atoms with E-state index < -0.39 is 0 Å². The fourth-order valence-corrected chi connectivity index (χ4v) is 1.71. The van der Waals surface area contributed by atoms with Crippen LogP contribution in [0.15, 0.2) is 0 Å². The highest BCUT2D eigenvalue weighted by atomic mass is 127. The van der Waals surface area contributed by atoms with Crippen molar-refractivity contribution in [1.82, 2.24) is 0 Å². The van der Waals surface area contributed by atoms with Gasteiger partial charge in [0, 0.05) is 6.42 Å². The maximum absolute atomic E-state index is 11.1. The van der Waals surface area contributed by atoms with Crippen molar-refractivity contribution in [3.05, 3.63) is 0 Å². The molecule has 0 aliphatic rings. The highest BCUT2D eigenvalue weighted by Crippen LogP contribution is 2.11. The molecule has 1 unspecified atom stereocenters. The smallest absolute Gasteiger partial charge is 0.306 e. The number of esters is 1. The van der Waals surface area contributed by atoms with Crippen molar-refractivity contribution in [2.24, 2.45) is 0 Å². The Hall–Kier alpha value is 0.200. The van der Waals surface area contributed by atoms with E-state index in [1.54, 1.807) is 0 Å². The summed E-state index contributed by atoms with van der Waals surface area (Å²) in [7, 11) is 0. The molecule has 0 spiro atoms. The van der Waals surface area contributed by atoms with Crippen molar-refractivity contribution in [3.63, 3.8) is 0 Å². The first-order chi connectivity index (χ1) is 5.70. The second-order valence-corrected chi connectivity index (χ2v) is 4.18. The number of carbonyl (C=O) groups is 1. The van der Waals surface area contributed by atoms with Gasteiger partial charge in [-0.1, -0.05) is 26.7 Å². The molecule has 0 aromatic rings. The maximum atomic E-state index is 11.1. The molecular weight excluding hydrogens is 267 g/mol. The summed E-state index contributed by atoms with van der Waals surface area (Å²) >= 11 is 2.17. The van der Waals surface area contributed by atoms with Gasteiger partial charge in [-0.2, -0.15) is 0 Å². The van der Waals surface area contributed by atoms with Crippen LogP contribution in [-0.4, -0.2) is 10.1 Å². The first-order valence-corrected chi connectivity index (χ1v) is 5.78. The van der Waals surface area contributed by atoms with Crippen LogP contribution >= 0.6 is 22.6 Å². The molecule has 12 heavy (non-hydrogen) atoms.